The van der Waals surface area contributed by atoms with Crippen molar-refractivity contribution in [1.82, 2.24) is 24.3 Å². The van der Waals surface area contributed by atoms with Gasteiger partial charge in [-0.15, -0.1) is 0 Å². The van der Waals surface area contributed by atoms with Crippen LogP contribution in [0, 0.1) is 11.3 Å². The number of hydrogen-bond acceptors (Lipinski definition) is 7. The highest BCUT2D eigenvalue weighted by Crippen LogP contribution is 2.37. The highest BCUT2D eigenvalue weighted by molar-refractivity contribution is 5.96. The Hall–Kier alpha value is -4.75. The molecule has 2 amide bonds. The van der Waals surface area contributed by atoms with Gasteiger partial charge < -0.3 is 14.2 Å². The standard InChI is InChI=1S/C35H41N7O3/c1-22(42-18-15-24(16-19-42)23-8-10-25(11-9-23)33(43)40(5)6)30-20-28-26(14-17-37-32(28)41(30)7)27-12-13-31(38-29(27)21-36)39-34(44)45-35(2,3)4/h8-14,17,20,22,24H,15-16,18-19H2,1-7H3,(H,38,39,44). The van der Waals surface area contributed by atoms with Crippen LogP contribution in [-0.4, -0.2) is 69.1 Å². The zero-order valence-corrected chi connectivity index (χ0v) is 27.1. The maximum atomic E-state index is 12.3. The minimum Gasteiger partial charge on any atom is -0.444 e. The molecule has 234 valence electrons. The van der Waals surface area contributed by atoms with Crippen molar-refractivity contribution in [1.29, 1.82) is 5.26 Å². The van der Waals surface area contributed by atoms with Gasteiger partial charge in [-0.05, 0) is 107 Å². The van der Waals surface area contributed by atoms with Gasteiger partial charge in [0.05, 0.1) is 0 Å². The summed E-state index contributed by atoms with van der Waals surface area (Å²) < 4.78 is 7.46. The van der Waals surface area contributed by atoms with Gasteiger partial charge in [0, 0.05) is 55.6 Å². The van der Waals surface area contributed by atoms with E-state index in [1.54, 1.807) is 58.1 Å². The molecule has 1 aliphatic rings. The van der Waals surface area contributed by atoms with E-state index in [1.807, 2.05) is 25.2 Å². The number of aryl methyl sites for hydroxylation is 1. The molecule has 0 radical (unpaired) electrons. The second-order valence-corrected chi connectivity index (χ2v) is 12.9. The molecule has 0 bridgehead atoms. The number of fused-ring (bicyclic) bond motifs is 1. The number of piperidine rings is 1. The Bertz CT molecular complexity index is 1760. The van der Waals surface area contributed by atoms with Crippen LogP contribution >= 0.6 is 0 Å². The van der Waals surface area contributed by atoms with E-state index in [0.29, 0.717) is 17.0 Å². The summed E-state index contributed by atoms with van der Waals surface area (Å²) in [5.41, 5.74) is 5.05. The fourth-order valence-corrected chi connectivity index (χ4v) is 6.08. The lowest BCUT2D eigenvalue weighted by Gasteiger charge is -2.36. The molecule has 0 saturated carbocycles. The van der Waals surface area contributed by atoms with Crippen LogP contribution in [0.2, 0.25) is 0 Å². The number of amides is 2. The third kappa shape index (κ3) is 6.84. The molecule has 45 heavy (non-hydrogen) atoms. The summed E-state index contributed by atoms with van der Waals surface area (Å²) in [6.45, 7) is 9.50. The van der Waals surface area contributed by atoms with Crippen LogP contribution < -0.4 is 5.32 Å². The predicted octanol–water partition coefficient (Wildman–Crippen LogP) is 6.50. The van der Waals surface area contributed by atoms with Crippen LogP contribution in [0.3, 0.4) is 0 Å². The Kier molecular flexibility index (Phi) is 8.94. The molecule has 10 nitrogen and oxygen atoms in total. The maximum Gasteiger partial charge on any atom is 0.413 e. The van der Waals surface area contributed by atoms with Crippen molar-refractivity contribution < 1.29 is 14.3 Å². The number of nitrogens with zero attached hydrogens (tertiary/aromatic N) is 6. The Morgan fingerprint density at radius 2 is 1.76 bits per heavy atom. The fourth-order valence-electron chi connectivity index (χ4n) is 6.08. The molecular formula is C35H41N7O3. The van der Waals surface area contributed by atoms with Crippen LogP contribution in [0.1, 0.15) is 79.8 Å². The smallest absolute Gasteiger partial charge is 0.413 e. The molecule has 4 heterocycles. The normalized spacial score (nSPS) is 15.0. The van der Waals surface area contributed by atoms with E-state index in [9.17, 15) is 14.9 Å². The van der Waals surface area contributed by atoms with Gasteiger partial charge in [0.15, 0.2) is 5.69 Å². The summed E-state index contributed by atoms with van der Waals surface area (Å²) in [5.74, 6) is 0.728. The number of benzene rings is 1. The second kappa shape index (κ2) is 12.7. The van der Waals surface area contributed by atoms with E-state index in [0.717, 1.165) is 48.2 Å². The molecule has 0 aliphatic carbocycles. The molecule has 4 aromatic rings. The Morgan fingerprint density at radius 1 is 1.07 bits per heavy atom. The summed E-state index contributed by atoms with van der Waals surface area (Å²) in [4.78, 5) is 37.7. The summed E-state index contributed by atoms with van der Waals surface area (Å²) in [6, 6.07) is 18.0. The molecule has 1 N–H and O–H groups in total. The average Bonchev–Trinajstić information content (AvgIpc) is 3.35. The minimum absolute atomic E-state index is 0.0186. The summed E-state index contributed by atoms with van der Waals surface area (Å²) in [6.07, 6.45) is 3.21. The lowest BCUT2D eigenvalue weighted by molar-refractivity contribution is 0.0635. The molecule has 10 heteroatoms. The van der Waals surface area contributed by atoms with Crippen molar-refractivity contribution >= 4 is 28.9 Å². The molecule has 1 aliphatic heterocycles. The molecule has 1 atom stereocenters. The first kappa shape index (κ1) is 31.7. The largest absolute Gasteiger partial charge is 0.444 e. The third-order valence-electron chi connectivity index (χ3n) is 8.43. The molecule has 3 aromatic heterocycles. The third-order valence-corrected chi connectivity index (χ3v) is 8.43. The number of hydrogen-bond donors (Lipinski definition) is 1. The fraction of sp³-hybridized carbons (Fsp3) is 0.400. The Labute approximate surface area is 264 Å². The second-order valence-electron chi connectivity index (χ2n) is 12.9. The molecule has 1 saturated heterocycles. The van der Waals surface area contributed by atoms with Gasteiger partial charge in [0.25, 0.3) is 5.91 Å². The summed E-state index contributed by atoms with van der Waals surface area (Å²) in [5, 5.41) is 13.5. The average molecular weight is 608 g/mol. The predicted molar refractivity (Wildman–Crippen MR) is 175 cm³/mol. The summed E-state index contributed by atoms with van der Waals surface area (Å²) in [7, 11) is 5.57. The first-order valence-electron chi connectivity index (χ1n) is 15.3. The van der Waals surface area contributed by atoms with Crippen LogP contribution in [-0.2, 0) is 11.8 Å². The number of ether oxygens (including phenoxy) is 1. The van der Waals surface area contributed by atoms with Gasteiger partial charge >= 0.3 is 6.09 Å². The number of carbonyl (C=O) groups excluding carboxylic acids is 2. The first-order valence-corrected chi connectivity index (χ1v) is 15.3. The van der Waals surface area contributed by atoms with Gasteiger partial charge in [0.2, 0.25) is 0 Å². The molecule has 1 aromatic carbocycles. The van der Waals surface area contributed by atoms with Crippen LogP contribution in [0.15, 0.2) is 54.7 Å². The number of aromatic nitrogens is 3. The van der Waals surface area contributed by atoms with E-state index in [2.05, 4.69) is 55.9 Å². The van der Waals surface area contributed by atoms with Crippen molar-refractivity contribution in [3.63, 3.8) is 0 Å². The molecule has 1 fully saturated rings. The minimum atomic E-state index is -0.649. The number of nitriles is 1. The van der Waals surface area contributed by atoms with E-state index >= 15 is 0 Å². The van der Waals surface area contributed by atoms with Gasteiger partial charge in [-0.25, -0.2) is 14.8 Å². The first-order chi connectivity index (χ1) is 21.4. The molecular weight excluding hydrogens is 566 g/mol. The number of pyridine rings is 2. The monoisotopic (exact) mass is 607 g/mol. The lowest BCUT2D eigenvalue weighted by atomic mass is 9.88. The Balaban J connectivity index is 1.34. The zero-order chi connectivity index (χ0) is 32.5. The number of carbonyl (C=O) groups is 2. The lowest BCUT2D eigenvalue weighted by Crippen LogP contribution is -2.35. The van der Waals surface area contributed by atoms with Crippen molar-refractivity contribution in [2.75, 3.05) is 32.5 Å². The van der Waals surface area contributed by atoms with Gasteiger partial charge in [-0.2, -0.15) is 5.26 Å². The van der Waals surface area contributed by atoms with Crippen molar-refractivity contribution in [3.05, 3.63) is 77.2 Å². The highest BCUT2D eigenvalue weighted by Gasteiger charge is 2.27. The number of likely N-dealkylation sites (tertiary alicyclic amines) is 1. The van der Waals surface area contributed by atoms with Crippen LogP contribution in [0.25, 0.3) is 22.2 Å². The van der Waals surface area contributed by atoms with Crippen LogP contribution in [0.4, 0.5) is 10.6 Å². The summed E-state index contributed by atoms with van der Waals surface area (Å²) >= 11 is 0. The van der Waals surface area contributed by atoms with E-state index in [1.165, 1.54) is 5.56 Å². The molecule has 0 spiro atoms. The van der Waals surface area contributed by atoms with Gasteiger partial charge in [-0.3, -0.25) is 15.0 Å². The van der Waals surface area contributed by atoms with Gasteiger partial charge in [-0.1, -0.05) is 12.1 Å². The number of anilines is 1. The van der Waals surface area contributed by atoms with E-state index in [-0.39, 0.29) is 23.5 Å². The van der Waals surface area contributed by atoms with Crippen molar-refractivity contribution in [3.8, 4) is 17.2 Å². The van der Waals surface area contributed by atoms with E-state index in [4.69, 9.17) is 4.74 Å². The number of nitrogens with one attached hydrogen (secondary N) is 1. The van der Waals surface area contributed by atoms with Crippen molar-refractivity contribution in [2.24, 2.45) is 7.05 Å². The maximum absolute atomic E-state index is 12.3. The Morgan fingerprint density at radius 3 is 2.38 bits per heavy atom. The molecule has 5 rings (SSSR count). The SMILES string of the molecule is CC(c1cc2c(-c3ccc(NC(=O)OC(C)(C)C)nc3C#N)ccnc2n1C)N1CCC(c2ccc(C(=O)N(C)C)cc2)CC1. The zero-order valence-electron chi connectivity index (χ0n) is 27.1. The topological polar surface area (TPSA) is 116 Å². The molecule has 1 unspecified atom stereocenters. The van der Waals surface area contributed by atoms with E-state index < -0.39 is 11.7 Å². The number of rotatable bonds is 6. The quantitative estimate of drug-likeness (QED) is 0.266. The van der Waals surface area contributed by atoms with Crippen molar-refractivity contribution in [2.45, 2.75) is 58.1 Å². The highest BCUT2D eigenvalue weighted by atomic mass is 16.6. The van der Waals surface area contributed by atoms with Gasteiger partial charge in [0.1, 0.15) is 23.1 Å². The van der Waals surface area contributed by atoms with Crippen LogP contribution in [0.5, 0.6) is 0 Å².